The molecule has 5 N–H and O–H groups in total. The van der Waals surface area contributed by atoms with Crippen molar-refractivity contribution >= 4 is 27.5 Å². The lowest BCUT2D eigenvalue weighted by molar-refractivity contribution is 0.152. The first-order chi connectivity index (χ1) is 15.2. The van der Waals surface area contributed by atoms with Gasteiger partial charge in [0.05, 0.1) is 12.3 Å². The Balaban J connectivity index is 1.67. The fourth-order valence-electron chi connectivity index (χ4n) is 4.48. The molecule has 4 rings (SSSR count). The Bertz CT molecular complexity index is 1140. The van der Waals surface area contributed by atoms with Gasteiger partial charge in [0.15, 0.2) is 9.92 Å². The normalized spacial score (nSPS) is 24.5. The van der Waals surface area contributed by atoms with Gasteiger partial charge in [-0.05, 0) is 62.0 Å². The van der Waals surface area contributed by atoms with Crippen molar-refractivity contribution < 1.29 is 22.5 Å². The van der Waals surface area contributed by atoms with Gasteiger partial charge in [0.1, 0.15) is 5.03 Å². The molecular formula is C20H26F2N6O3S. The molecule has 2 unspecified atom stereocenters. The van der Waals surface area contributed by atoms with Crippen LogP contribution in [-0.2, 0) is 33.9 Å². The first-order valence-corrected chi connectivity index (χ1v) is 12.1. The third-order valence-electron chi connectivity index (χ3n) is 6.00. The van der Waals surface area contributed by atoms with Gasteiger partial charge in [0.2, 0.25) is 5.90 Å². The zero-order valence-corrected chi connectivity index (χ0v) is 18.5. The second-order valence-electron chi connectivity index (χ2n) is 8.17. The average molecular weight is 469 g/mol. The molecule has 12 heteroatoms. The Morgan fingerprint density at radius 3 is 2.78 bits per heavy atom. The third-order valence-corrected chi connectivity index (χ3v) is 7.31. The minimum atomic E-state index is -3.89. The number of amides is 2. The Hall–Kier alpha value is -2.60. The summed E-state index contributed by atoms with van der Waals surface area (Å²) >= 11 is 0. The van der Waals surface area contributed by atoms with Crippen LogP contribution in [0.5, 0.6) is 0 Å². The van der Waals surface area contributed by atoms with E-state index in [-0.39, 0.29) is 18.6 Å². The number of aryl methyl sites for hydroxylation is 1. The van der Waals surface area contributed by atoms with Crippen LogP contribution in [0.25, 0.3) is 0 Å². The minimum absolute atomic E-state index is 0.0138. The standard InChI is InChI=1S/C20H26F2N6O3S/c1-10-7-8-12-15(10)25-14-6-2-4-11(14)16(12)26-20(29)28-32(24,30)17(23)13-5-3-9-31-18(13)27-19(21)22/h10,19H,2-9,23H2,1H3,(H3,24,25,26,28,29,30). The maximum Gasteiger partial charge on any atom is 0.354 e. The zero-order chi connectivity index (χ0) is 23.0. The monoisotopic (exact) mass is 468 g/mol. The summed E-state index contributed by atoms with van der Waals surface area (Å²) in [4.78, 5) is 20.6. The molecular weight excluding hydrogens is 442 g/mol. The largest absolute Gasteiger partial charge is 0.478 e. The van der Waals surface area contributed by atoms with Crippen LogP contribution in [0.15, 0.2) is 20.0 Å². The van der Waals surface area contributed by atoms with Gasteiger partial charge in [0.25, 0.3) is 0 Å². The Morgan fingerprint density at radius 2 is 2.03 bits per heavy atom. The number of hydrogen-bond acceptors (Lipinski definition) is 6. The Labute approximate surface area is 185 Å². The van der Waals surface area contributed by atoms with Crippen molar-refractivity contribution in [2.24, 2.45) is 20.2 Å². The van der Waals surface area contributed by atoms with Crippen molar-refractivity contribution in [3.05, 3.63) is 33.1 Å². The number of rotatable bonds is 3. The first-order valence-electron chi connectivity index (χ1n) is 10.6. The van der Waals surface area contributed by atoms with Gasteiger partial charge >= 0.3 is 12.6 Å². The van der Waals surface area contributed by atoms with Gasteiger partial charge in [-0.2, -0.15) is 13.8 Å². The summed E-state index contributed by atoms with van der Waals surface area (Å²) in [5, 5.41) is 8.07. The van der Waals surface area contributed by atoms with Crippen molar-refractivity contribution in [3.63, 3.8) is 0 Å². The van der Waals surface area contributed by atoms with Crippen molar-refractivity contribution in [2.75, 3.05) is 11.9 Å². The highest BCUT2D eigenvalue weighted by atomic mass is 32.2. The van der Waals surface area contributed by atoms with Gasteiger partial charge in [0, 0.05) is 17.0 Å². The van der Waals surface area contributed by atoms with Gasteiger partial charge in [-0.3, -0.25) is 4.98 Å². The molecule has 0 bridgehead atoms. The van der Waals surface area contributed by atoms with Crippen molar-refractivity contribution in [1.29, 1.82) is 0 Å². The smallest absolute Gasteiger partial charge is 0.354 e. The lowest BCUT2D eigenvalue weighted by atomic mass is 10.0. The van der Waals surface area contributed by atoms with Crippen LogP contribution in [0.2, 0.25) is 0 Å². The van der Waals surface area contributed by atoms with E-state index in [2.05, 4.69) is 21.6 Å². The van der Waals surface area contributed by atoms with E-state index >= 15 is 0 Å². The molecule has 1 fully saturated rings. The summed E-state index contributed by atoms with van der Waals surface area (Å²) in [6, 6.07) is -0.910. The molecule has 9 nitrogen and oxygen atoms in total. The molecule has 174 valence electrons. The molecule has 1 aliphatic heterocycles. The van der Waals surface area contributed by atoms with Gasteiger partial charge in [-0.1, -0.05) is 6.92 Å². The van der Waals surface area contributed by atoms with Crippen LogP contribution in [0.3, 0.4) is 0 Å². The van der Waals surface area contributed by atoms with Gasteiger partial charge in [-0.15, -0.1) is 4.36 Å². The topological polar surface area (TPSA) is 145 Å². The summed E-state index contributed by atoms with van der Waals surface area (Å²) in [6.07, 6.45) is 4.92. The molecule has 3 aliphatic rings. The van der Waals surface area contributed by atoms with E-state index in [1.807, 2.05) is 0 Å². The number of alkyl halides is 2. The van der Waals surface area contributed by atoms with Crippen LogP contribution in [-0.4, -0.2) is 34.3 Å². The first kappa shape index (κ1) is 22.6. The lowest BCUT2D eigenvalue weighted by Crippen LogP contribution is -2.29. The number of ether oxygens (including phenoxy) is 1. The number of halogens is 2. The zero-order valence-electron chi connectivity index (χ0n) is 17.7. The fourth-order valence-corrected chi connectivity index (χ4v) is 5.41. The lowest BCUT2D eigenvalue weighted by Gasteiger charge is -2.20. The van der Waals surface area contributed by atoms with E-state index in [0.29, 0.717) is 18.0 Å². The van der Waals surface area contributed by atoms with E-state index < -0.39 is 33.4 Å². The quantitative estimate of drug-likeness (QED) is 0.584. The molecule has 1 aromatic rings. The van der Waals surface area contributed by atoms with Gasteiger partial charge in [-0.25, -0.2) is 14.1 Å². The number of hydrogen-bond donors (Lipinski definition) is 3. The summed E-state index contributed by atoms with van der Waals surface area (Å²) < 4.78 is 47.2. The second-order valence-corrected chi connectivity index (χ2v) is 9.93. The number of anilines is 1. The van der Waals surface area contributed by atoms with E-state index in [1.54, 1.807) is 0 Å². The number of aliphatic imine (C=N–C) groups is 1. The summed E-state index contributed by atoms with van der Waals surface area (Å²) in [5.74, 6) is -0.127. The highest BCUT2D eigenvalue weighted by Gasteiger charge is 2.30. The van der Waals surface area contributed by atoms with Gasteiger partial charge < -0.3 is 15.8 Å². The highest BCUT2D eigenvalue weighted by molar-refractivity contribution is 7.95. The highest BCUT2D eigenvalue weighted by Crippen LogP contribution is 2.41. The Morgan fingerprint density at radius 1 is 1.25 bits per heavy atom. The maximum atomic E-state index is 13.0. The molecule has 0 spiro atoms. The molecule has 0 aromatic carbocycles. The van der Waals surface area contributed by atoms with Crippen LogP contribution >= 0.6 is 0 Å². The number of fused-ring (bicyclic) bond motifs is 2. The number of carbonyl (C=O) groups excluding carboxylic acids is 1. The third kappa shape index (κ3) is 4.33. The molecule has 2 aliphatic carbocycles. The number of carbonyl (C=O) groups is 1. The summed E-state index contributed by atoms with van der Waals surface area (Å²) in [6.45, 7) is -0.763. The van der Waals surface area contributed by atoms with E-state index in [4.69, 9.17) is 20.6 Å². The minimum Gasteiger partial charge on any atom is -0.478 e. The number of urea groups is 1. The maximum absolute atomic E-state index is 13.0. The van der Waals surface area contributed by atoms with Crippen LogP contribution in [0, 0.1) is 0 Å². The molecule has 2 amide bonds. The number of pyridine rings is 1. The van der Waals surface area contributed by atoms with E-state index in [0.717, 1.165) is 54.6 Å². The van der Waals surface area contributed by atoms with E-state index in [9.17, 15) is 17.8 Å². The number of nitrogens with one attached hydrogen (secondary N) is 1. The Kier molecular flexibility index (Phi) is 6.17. The molecule has 0 saturated carbocycles. The van der Waals surface area contributed by atoms with Crippen LogP contribution in [0.4, 0.5) is 19.3 Å². The second kappa shape index (κ2) is 8.74. The molecule has 2 heterocycles. The molecule has 1 aromatic heterocycles. The van der Waals surface area contributed by atoms with Crippen molar-refractivity contribution in [1.82, 2.24) is 4.98 Å². The number of nitrogens with two attached hydrogens (primary N) is 2. The van der Waals surface area contributed by atoms with E-state index in [1.165, 1.54) is 0 Å². The van der Waals surface area contributed by atoms with Crippen LogP contribution < -0.4 is 16.2 Å². The molecule has 2 atom stereocenters. The molecule has 1 saturated heterocycles. The average Bonchev–Trinajstić information content (AvgIpc) is 3.34. The SMILES string of the molecule is CC1CCc2c1nc1c(c2NC(=O)N=S(N)(=O)C(N)=C2CCCOC2=NC(F)F)CCC1. The van der Waals surface area contributed by atoms with Crippen LogP contribution in [0.1, 0.15) is 61.0 Å². The predicted octanol–water partition coefficient (Wildman–Crippen LogP) is 3.10. The van der Waals surface area contributed by atoms with Crippen molar-refractivity contribution in [3.8, 4) is 0 Å². The molecule has 0 radical (unpaired) electrons. The van der Waals surface area contributed by atoms with Crippen molar-refractivity contribution in [2.45, 2.75) is 64.3 Å². The summed E-state index contributed by atoms with van der Waals surface area (Å²) in [7, 11) is -3.89. The fraction of sp³-hybridized carbons (Fsp3) is 0.550. The summed E-state index contributed by atoms with van der Waals surface area (Å²) in [5.41, 5.74) is 10.5. The number of aromatic nitrogens is 1. The predicted molar refractivity (Wildman–Crippen MR) is 117 cm³/mol. The number of nitrogens with zero attached hydrogens (tertiary/aromatic N) is 3. The molecule has 32 heavy (non-hydrogen) atoms.